The third-order valence-corrected chi connectivity index (χ3v) is 3.92. The van der Waals surface area contributed by atoms with E-state index in [4.69, 9.17) is 9.72 Å². The molecule has 5 heteroatoms. The van der Waals surface area contributed by atoms with Crippen LogP contribution in [0.2, 0.25) is 0 Å². The number of nitrogens with one attached hydrogen (secondary N) is 1. The van der Waals surface area contributed by atoms with Gasteiger partial charge in [-0.05, 0) is 48.3 Å². The van der Waals surface area contributed by atoms with Crippen molar-refractivity contribution in [3.8, 4) is 0 Å². The zero-order valence-electron chi connectivity index (χ0n) is 13.0. The summed E-state index contributed by atoms with van der Waals surface area (Å²) in [5.74, 6) is 2.45. The van der Waals surface area contributed by atoms with Crippen molar-refractivity contribution in [2.75, 3.05) is 25.1 Å². The normalized spacial score (nSPS) is 11.1. The highest BCUT2D eigenvalue weighted by atomic mass is 127. The second-order valence-corrected chi connectivity index (χ2v) is 6.30. The number of hydrogen-bond acceptors (Lipinski definition) is 4. The lowest BCUT2D eigenvalue weighted by Crippen LogP contribution is -2.13. The largest absolute Gasteiger partial charge is 0.381 e. The predicted molar refractivity (Wildman–Crippen MR) is 92.3 cm³/mol. The fourth-order valence-corrected chi connectivity index (χ4v) is 2.50. The lowest BCUT2D eigenvalue weighted by Gasteiger charge is -2.14. The first-order valence-corrected chi connectivity index (χ1v) is 8.53. The number of ether oxygens (including phenoxy) is 1. The van der Waals surface area contributed by atoms with Crippen LogP contribution in [-0.2, 0) is 17.6 Å². The van der Waals surface area contributed by atoms with Gasteiger partial charge in [0.05, 0.1) is 15.9 Å². The fraction of sp³-hybridized carbons (Fsp3) is 0.733. The molecule has 0 amide bonds. The zero-order valence-corrected chi connectivity index (χ0v) is 15.2. The van der Waals surface area contributed by atoms with Gasteiger partial charge in [0.2, 0.25) is 0 Å². The number of aromatic nitrogens is 2. The number of hydrogen-bond donors (Lipinski definition) is 1. The van der Waals surface area contributed by atoms with E-state index in [0.29, 0.717) is 12.5 Å². The van der Waals surface area contributed by atoms with Crippen LogP contribution in [0.15, 0.2) is 0 Å². The Hall–Kier alpha value is -0.430. The minimum Gasteiger partial charge on any atom is -0.381 e. The highest BCUT2D eigenvalue weighted by Gasteiger charge is 2.13. The Kier molecular flexibility index (Phi) is 8.37. The summed E-state index contributed by atoms with van der Waals surface area (Å²) >= 11 is 2.36. The molecule has 0 saturated carbocycles. The molecule has 0 radical (unpaired) electrons. The van der Waals surface area contributed by atoms with Crippen LogP contribution in [0.5, 0.6) is 0 Å². The fourth-order valence-electron chi connectivity index (χ4n) is 1.85. The second kappa shape index (κ2) is 9.50. The molecule has 4 nitrogen and oxygen atoms in total. The predicted octanol–water partition coefficient (Wildman–Crippen LogP) is 3.68. The average Bonchev–Trinajstić information content (AvgIpc) is 2.40. The Bertz CT molecular complexity index is 410. The van der Waals surface area contributed by atoms with E-state index in [2.05, 4.69) is 53.7 Å². The Morgan fingerprint density at radius 3 is 2.60 bits per heavy atom. The quantitative estimate of drug-likeness (QED) is 0.515. The van der Waals surface area contributed by atoms with Crippen LogP contribution in [0.4, 0.5) is 5.82 Å². The van der Waals surface area contributed by atoms with Crippen LogP contribution in [0.25, 0.3) is 0 Å². The van der Waals surface area contributed by atoms with Gasteiger partial charge in [-0.3, -0.25) is 0 Å². The number of rotatable bonds is 9. The van der Waals surface area contributed by atoms with E-state index >= 15 is 0 Å². The van der Waals surface area contributed by atoms with Gasteiger partial charge in [-0.25, -0.2) is 9.97 Å². The molecule has 20 heavy (non-hydrogen) atoms. The monoisotopic (exact) mass is 391 g/mol. The van der Waals surface area contributed by atoms with Gasteiger partial charge < -0.3 is 10.1 Å². The van der Waals surface area contributed by atoms with E-state index < -0.39 is 0 Å². The first kappa shape index (κ1) is 17.6. The van der Waals surface area contributed by atoms with Gasteiger partial charge in [-0.2, -0.15) is 0 Å². The SMILES string of the molecule is CCCNc1nc(CCOCC)nc(CC(C)C)c1I. The van der Waals surface area contributed by atoms with Gasteiger partial charge in [0.25, 0.3) is 0 Å². The maximum Gasteiger partial charge on any atom is 0.143 e. The van der Waals surface area contributed by atoms with Crippen molar-refractivity contribution < 1.29 is 4.74 Å². The van der Waals surface area contributed by atoms with E-state index in [1.165, 1.54) is 0 Å². The topological polar surface area (TPSA) is 47.0 Å². The molecule has 114 valence electrons. The van der Waals surface area contributed by atoms with Crippen LogP contribution < -0.4 is 5.32 Å². The minimum absolute atomic E-state index is 0.595. The molecule has 0 spiro atoms. The summed E-state index contributed by atoms with van der Waals surface area (Å²) in [6, 6.07) is 0. The van der Waals surface area contributed by atoms with Crippen molar-refractivity contribution in [1.29, 1.82) is 0 Å². The number of nitrogens with zero attached hydrogens (tertiary/aromatic N) is 2. The molecule has 0 unspecified atom stereocenters. The van der Waals surface area contributed by atoms with Crippen LogP contribution in [0.3, 0.4) is 0 Å². The van der Waals surface area contributed by atoms with Crippen molar-refractivity contribution in [2.45, 2.75) is 47.0 Å². The van der Waals surface area contributed by atoms with Crippen molar-refractivity contribution in [3.63, 3.8) is 0 Å². The molecule has 0 aliphatic carbocycles. The van der Waals surface area contributed by atoms with Crippen LogP contribution in [0.1, 0.15) is 45.6 Å². The van der Waals surface area contributed by atoms with Gasteiger partial charge >= 0.3 is 0 Å². The third-order valence-electron chi connectivity index (χ3n) is 2.78. The molecule has 1 aromatic heterocycles. The molecule has 0 bridgehead atoms. The lowest BCUT2D eigenvalue weighted by molar-refractivity contribution is 0.149. The molecule has 0 fully saturated rings. The van der Waals surface area contributed by atoms with Crippen molar-refractivity contribution >= 4 is 28.4 Å². The van der Waals surface area contributed by atoms with Crippen LogP contribution in [0, 0.1) is 9.49 Å². The molecule has 1 rings (SSSR count). The number of halogens is 1. The Balaban J connectivity index is 2.92. The first-order chi connectivity index (χ1) is 9.58. The Labute approximate surface area is 136 Å². The summed E-state index contributed by atoms with van der Waals surface area (Å²) in [5, 5.41) is 3.41. The van der Waals surface area contributed by atoms with Gasteiger partial charge in [0.15, 0.2) is 0 Å². The van der Waals surface area contributed by atoms with Crippen molar-refractivity contribution in [3.05, 3.63) is 15.1 Å². The summed E-state index contributed by atoms with van der Waals surface area (Å²) in [6.45, 7) is 11.0. The van der Waals surface area contributed by atoms with E-state index in [0.717, 1.165) is 53.3 Å². The van der Waals surface area contributed by atoms with Gasteiger partial charge in [-0.15, -0.1) is 0 Å². The summed E-state index contributed by atoms with van der Waals surface area (Å²) in [4.78, 5) is 9.35. The highest BCUT2D eigenvalue weighted by Crippen LogP contribution is 2.22. The maximum absolute atomic E-state index is 5.41. The smallest absolute Gasteiger partial charge is 0.143 e. The molecule has 1 heterocycles. The average molecular weight is 391 g/mol. The van der Waals surface area contributed by atoms with Crippen molar-refractivity contribution in [1.82, 2.24) is 9.97 Å². The van der Waals surface area contributed by atoms with E-state index in [1.54, 1.807) is 0 Å². The molecule has 0 aliphatic rings. The van der Waals surface area contributed by atoms with Crippen LogP contribution in [-0.4, -0.2) is 29.7 Å². The molecule has 0 aromatic carbocycles. The van der Waals surface area contributed by atoms with Gasteiger partial charge in [0.1, 0.15) is 11.6 Å². The first-order valence-electron chi connectivity index (χ1n) is 7.45. The summed E-state index contributed by atoms with van der Waals surface area (Å²) < 4.78 is 6.56. The Morgan fingerprint density at radius 2 is 2.00 bits per heavy atom. The zero-order chi connectivity index (χ0) is 15.0. The number of anilines is 1. The van der Waals surface area contributed by atoms with E-state index in [9.17, 15) is 0 Å². The van der Waals surface area contributed by atoms with Gasteiger partial charge in [-0.1, -0.05) is 20.8 Å². The molecule has 0 atom stereocenters. The minimum atomic E-state index is 0.595. The Morgan fingerprint density at radius 1 is 1.25 bits per heavy atom. The van der Waals surface area contributed by atoms with E-state index in [1.807, 2.05) is 6.92 Å². The molecule has 1 N–H and O–H groups in total. The molecular formula is C15H26IN3O. The molecule has 1 aromatic rings. The summed E-state index contributed by atoms with van der Waals surface area (Å²) in [5.41, 5.74) is 1.15. The lowest BCUT2D eigenvalue weighted by atomic mass is 10.1. The molecular weight excluding hydrogens is 365 g/mol. The summed E-state index contributed by atoms with van der Waals surface area (Å²) in [7, 11) is 0. The molecule has 0 saturated heterocycles. The van der Waals surface area contributed by atoms with E-state index in [-0.39, 0.29) is 0 Å². The highest BCUT2D eigenvalue weighted by molar-refractivity contribution is 14.1. The second-order valence-electron chi connectivity index (χ2n) is 5.22. The van der Waals surface area contributed by atoms with Gasteiger partial charge in [0, 0.05) is 19.6 Å². The van der Waals surface area contributed by atoms with Crippen LogP contribution >= 0.6 is 22.6 Å². The third kappa shape index (κ3) is 5.91. The molecule has 0 aliphatic heterocycles. The summed E-state index contributed by atoms with van der Waals surface area (Å²) in [6.07, 6.45) is 2.85. The van der Waals surface area contributed by atoms with Crippen molar-refractivity contribution in [2.24, 2.45) is 5.92 Å². The standard InChI is InChI=1S/C15H26IN3O/c1-5-8-17-15-14(16)12(10-11(3)4)18-13(19-15)7-9-20-6-2/h11H,5-10H2,1-4H3,(H,17,18,19). The maximum atomic E-state index is 5.41.